The van der Waals surface area contributed by atoms with E-state index in [0.717, 1.165) is 0 Å². The van der Waals surface area contributed by atoms with Crippen molar-refractivity contribution in [3.8, 4) is 11.1 Å². The summed E-state index contributed by atoms with van der Waals surface area (Å²) in [6.45, 7) is 1.37. The SMILES string of the molecule is O=C(NC1CCN(c2ncccc2C(=O)O)C1)OCC1c2ccccc2-c2ccccc21. The van der Waals surface area contributed by atoms with Crippen LogP contribution in [0, 0.1) is 0 Å². The largest absolute Gasteiger partial charge is 0.478 e. The molecule has 1 unspecified atom stereocenters. The van der Waals surface area contributed by atoms with Crippen molar-refractivity contribution in [3.05, 3.63) is 83.6 Å². The molecular weight excluding hydrogens is 406 g/mol. The van der Waals surface area contributed by atoms with Crippen molar-refractivity contribution in [2.24, 2.45) is 0 Å². The zero-order chi connectivity index (χ0) is 22.1. The Balaban J connectivity index is 1.21. The lowest BCUT2D eigenvalue weighted by molar-refractivity contribution is 0.0697. The number of ether oxygens (including phenoxy) is 1. The Bertz CT molecular complexity index is 1130. The number of fused-ring (bicyclic) bond motifs is 3. The Morgan fingerprint density at radius 1 is 1.03 bits per heavy atom. The van der Waals surface area contributed by atoms with Gasteiger partial charge in [-0.25, -0.2) is 14.6 Å². The van der Waals surface area contributed by atoms with E-state index in [-0.39, 0.29) is 24.1 Å². The number of amides is 1. The summed E-state index contributed by atoms with van der Waals surface area (Å²) in [6, 6.07) is 19.5. The average molecular weight is 429 g/mol. The molecule has 32 heavy (non-hydrogen) atoms. The third kappa shape index (κ3) is 3.66. The van der Waals surface area contributed by atoms with E-state index in [1.54, 1.807) is 12.3 Å². The second-order valence-electron chi connectivity index (χ2n) is 8.08. The van der Waals surface area contributed by atoms with Crippen molar-refractivity contribution in [2.75, 3.05) is 24.6 Å². The molecule has 1 atom stereocenters. The zero-order valence-electron chi connectivity index (χ0n) is 17.4. The van der Waals surface area contributed by atoms with Gasteiger partial charge in [0, 0.05) is 25.2 Å². The fraction of sp³-hybridized carbons (Fsp3) is 0.240. The van der Waals surface area contributed by atoms with Gasteiger partial charge in [0.2, 0.25) is 0 Å². The predicted octanol–water partition coefficient (Wildman–Crippen LogP) is 3.90. The van der Waals surface area contributed by atoms with Crippen molar-refractivity contribution in [2.45, 2.75) is 18.4 Å². The molecule has 7 heteroatoms. The monoisotopic (exact) mass is 429 g/mol. The Labute approximate surface area is 185 Å². The van der Waals surface area contributed by atoms with Crippen LogP contribution in [0.5, 0.6) is 0 Å². The molecule has 0 bridgehead atoms. The minimum atomic E-state index is -1.01. The molecule has 2 N–H and O–H groups in total. The van der Waals surface area contributed by atoms with Crippen molar-refractivity contribution in [1.29, 1.82) is 0 Å². The van der Waals surface area contributed by atoms with Crippen LogP contribution < -0.4 is 10.2 Å². The molecule has 1 fully saturated rings. The van der Waals surface area contributed by atoms with Gasteiger partial charge in [0.1, 0.15) is 18.0 Å². The lowest BCUT2D eigenvalue weighted by Gasteiger charge is -2.20. The highest BCUT2D eigenvalue weighted by Crippen LogP contribution is 2.44. The van der Waals surface area contributed by atoms with E-state index in [4.69, 9.17) is 4.74 Å². The van der Waals surface area contributed by atoms with Crippen LogP contribution in [-0.4, -0.2) is 47.9 Å². The number of pyridine rings is 1. The lowest BCUT2D eigenvalue weighted by atomic mass is 9.98. The molecule has 1 aliphatic heterocycles. The summed E-state index contributed by atoms with van der Waals surface area (Å²) in [7, 11) is 0. The molecule has 162 valence electrons. The van der Waals surface area contributed by atoms with Crippen molar-refractivity contribution >= 4 is 17.9 Å². The first-order valence-corrected chi connectivity index (χ1v) is 10.7. The fourth-order valence-corrected chi connectivity index (χ4v) is 4.69. The van der Waals surface area contributed by atoms with E-state index in [0.29, 0.717) is 25.3 Å². The average Bonchev–Trinajstić information content (AvgIpc) is 3.40. The molecular formula is C25H23N3O4. The topological polar surface area (TPSA) is 91.8 Å². The predicted molar refractivity (Wildman–Crippen MR) is 120 cm³/mol. The smallest absolute Gasteiger partial charge is 0.407 e. The van der Waals surface area contributed by atoms with Crippen LogP contribution in [-0.2, 0) is 4.74 Å². The molecule has 1 aliphatic carbocycles. The minimum Gasteiger partial charge on any atom is -0.478 e. The third-order valence-electron chi connectivity index (χ3n) is 6.17. The summed E-state index contributed by atoms with van der Waals surface area (Å²) in [4.78, 5) is 30.1. The van der Waals surface area contributed by atoms with Gasteiger partial charge in [0.05, 0.1) is 6.04 Å². The molecule has 1 saturated heterocycles. The first kappa shape index (κ1) is 20.1. The molecule has 0 spiro atoms. The molecule has 2 aromatic carbocycles. The summed E-state index contributed by atoms with van der Waals surface area (Å²) in [6.07, 6.45) is 1.81. The number of rotatable bonds is 5. The number of aromatic nitrogens is 1. The highest BCUT2D eigenvalue weighted by Gasteiger charge is 2.31. The summed E-state index contributed by atoms with van der Waals surface area (Å²) < 4.78 is 5.63. The second kappa shape index (κ2) is 8.34. The summed E-state index contributed by atoms with van der Waals surface area (Å²) in [5.41, 5.74) is 4.88. The maximum atomic E-state index is 12.5. The van der Waals surface area contributed by atoms with Crippen LogP contribution >= 0.6 is 0 Å². The number of carbonyl (C=O) groups excluding carboxylic acids is 1. The number of carbonyl (C=O) groups is 2. The number of alkyl carbamates (subject to hydrolysis) is 1. The van der Waals surface area contributed by atoms with E-state index in [2.05, 4.69) is 34.6 Å². The van der Waals surface area contributed by atoms with Crippen LogP contribution in [0.2, 0.25) is 0 Å². The molecule has 3 aromatic rings. The lowest BCUT2D eigenvalue weighted by Crippen LogP contribution is -2.38. The molecule has 1 amide bonds. The van der Waals surface area contributed by atoms with E-state index < -0.39 is 12.1 Å². The minimum absolute atomic E-state index is 0.0138. The summed E-state index contributed by atoms with van der Waals surface area (Å²) in [5, 5.41) is 12.3. The molecule has 0 radical (unpaired) electrons. The van der Waals surface area contributed by atoms with Crippen molar-refractivity contribution in [1.82, 2.24) is 10.3 Å². The maximum absolute atomic E-state index is 12.5. The number of nitrogens with zero attached hydrogens (tertiary/aromatic N) is 2. The number of anilines is 1. The second-order valence-corrected chi connectivity index (χ2v) is 8.08. The number of hydrogen-bond donors (Lipinski definition) is 2. The molecule has 2 heterocycles. The van der Waals surface area contributed by atoms with Gasteiger partial charge in [-0.05, 0) is 40.8 Å². The number of carboxylic acid groups (broad SMARTS) is 1. The van der Waals surface area contributed by atoms with Crippen LogP contribution in [0.25, 0.3) is 11.1 Å². The van der Waals surface area contributed by atoms with Gasteiger partial charge in [0.15, 0.2) is 0 Å². The molecule has 1 aromatic heterocycles. The highest BCUT2D eigenvalue weighted by molar-refractivity contribution is 5.93. The van der Waals surface area contributed by atoms with Gasteiger partial charge in [-0.15, -0.1) is 0 Å². The van der Waals surface area contributed by atoms with Gasteiger partial charge in [-0.2, -0.15) is 0 Å². The quantitative estimate of drug-likeness (QED) is 0.639. The first-order chi connectivity index (χ1) is 15.6. The van der Waals surface area contributed by atoms with E-state index in [9.17, 15) is 14.7 Å². The Morgan fingerprint density at radius 3 is 2.41 bits per heavy atom. The van der Waals surface area contributed by atoms with E-state index >= 15 is 0 Å². The zero-order valence-corrected chi connectivity index (χ0v) is 17.4. The van der Waals surface area contributed by atoms with Crippen LogP contribution in [0.1, 0.15) is 33.8 Å². The summed E-state index contributed by atoms with van der Waals surface area (Å²) >= 11 is 0. The normalized spacial score (nSPS) is 17.0. The summed E-state index contributed by atoms with van der Waals surface area (Å²) in [5.74, 6) is -0.572. The Kier molecular flexibility index (Phi) is 5.23. The van der Waals surface area contributed by atoms with Crippen molar-refractivity contribution < 1.29 is 19.4 Å². The van der Waals surface area contributed by atoms with Gasteiger partial charge < -0.3 is 20.1 Å². The number of nitrogens with one attached hydrogen (secondary N) is 1. The molecule has 5 rings (SSSR count). The fourth-order valence-electron chi connectivity index (χ4n) is 4.69. The molecule has 2 aliphatic rings. The number of carboxylic acids is 1. The Hall–Kier alpha value is -3.87. The molecule has 0 saturated carbocycles. The Morgan fingerprint density at radius 2 is 1.72 bits per heavy atom. The van der Waals surface area contributed by atoms with Gasteiger partial charge in [0.25, 0.3) is 0 Å². The standard InChI is InChI=1S/C25H23N3O4/c29-24(30)21-10-5-12-26-23(21)28-13-11-16(14-28)27-25(31)32-15-22-19-8-3-1-6-17(19)18-7-2-4-9-20(18)22/h1-10,12,16,22H,11,13-15H2,(H,27,31)(H,29,30). The van der Waals surface area contributed by atoms with E-state index in [1.807, 2.05) is 29.2 Å². The van der Waals surface area contributed by atoms with Gasteiger partial charge in [-0.3, -0.25) is 0 Å². The van der Waals surface area contributed by atoms with Crippen LogP contribution in [0.4, 0.5) is 10.6 Å². The number of benzene rings is 2. The van der Waals surface area contributed by atoms with Crippen LogP contribution in [0.3, 0.4) is 0 Å². The maximum Gasteiger partial charge on any atom is 0.407 e. The highest BCUT2D eigenvalue weighted by atomic mass is 16.5. The third-order valence-corrected chi connectivity index (χ3v) is 6.17. The van der Waals surface area contributed by atoms with E-state index in [1.165, 1.54) is 28.3 Å². The van der Waals surface area contributed by atoms with Gasteiger partial charge >= 0.3 is 12.1 Å². The number of hydrogen-bond acceptors (Lipinski definition) is 5. The first-order valence-electron chi connectivity index (χ1n) is 10.7. The van der Waals surface area contributed by atoms with Crippen molar-refractivity contribution in [3.63, 3.8) is 0 Å². The van der Waals surface area contributed by atoms with Crippen LogP contribution in [0.15, 0.2) is 66.9 Å². The molecule has 7 nitrogen and oxygen atoms in total. The number of aromatic carboxylic acids is 1. The van der Waals surface area contributed by atoms with Gasteiger partial charge in [-0.1, -0.05) is 48.5 Å².